The number of ketones is 1. The maximum Gasteiger partial charge on any atom is 0.303 e. The Bertz CT molecular complexity index is 1190. The van der Waals surface area contributed by atoms with E-state index in [0.717, 1.165) is 31.4 Å². The van der Waals surface area contributed by atoms with E-state index in [1.54, 1.807) is 13.0 Å². The van der Waals surface area contributed by atoms with Crippen LogP contribution in [-0.2, 0) is 18.3 Å². The van der Waals surface area contributed by atoms with E-state index in [1.165, 1.54) is 6.20 Å². The second-order valence-electron chi connectivity index (χ2n) is 9.58. The van der Waals surface area contributed by atoms with Crippen LogP contribution in [-0.4, -0.2) is 32.3 Å². The largest absolute Gasteiger partial charge is 0.481 e. The number of Topliss-reactive ketones (excluding diaryl/α,β-unsaturated/α-hetero) is 1. The van der Waals surface area contributed by atoms with Crippen molar-refractivity contribution >= 4 is 28.5 Å². The summed E-state index contributed by atoms with van der Waals surface area (Å²) in [6.07, 6.45) is 6.31. The minimum atomic E-state index is -2.53. The van der Waals surface area contributed by atoms with E-state index in [1.807, 2.05) is 11.6 Å². The lowest BCUT2D eigenvalue weighted by atomic mass is 9.82. The first-order valence-electron chi connectivity index (χ1n) is 12.1. The molecule has 0 unspecified atom stereocenters. The Balaban J connectivity index is 1.62. The van der Waals surface area contributed by atoms with Gasteiger partial charge in [0, 0.05) is 67.9 Å². The number of hydrogen-bond donors (Lipinski definition) is 1. The molecule has 3 rings (SSSR count). The number of aryl methyl sites for hydroxylation is 1. The summed E-state index contributed by atoms with van der Waals surface area (Å²) in [4.78, 5) is 32.1. The van der Waals surface area contributed by atoms with Crippen molar-refractivity contribution in [2.45, 2.75) is 77.1 Å². The van der Waals surface area contributed by atoms with E-state index < -0.39 is 11.9 Å². The molecule has 6 nitrogen and oxygen atoms in total. The molecule has 0 aliphatic heterocycles. The zero-order valence-corrected chi connectivity index (χ0v) is 20.2. The summed E-state index contributed by atoms with van der Waals surface area (Å²) in [7, 11) is 1.86. The highest BCUT2D eigenvalue weighted by Gasteiger charge is 2.44. The molecule has 0 radical (unpaired) electrons. The molecule has 0 amide bonds. The van der Waals surface area contributed by atoms with Crippen LogP contribution in [0.5, 0.6) is 0 Å². The summed E-state index contributed by atoms with van der Waals surface area (Å²) in [6, 6.07) is 1.69. The zero-order valence-electron chi connectivity index (χ0n) is 20.2. The predicted octanol–water partition coefficient (Wildman–Crippen LogP) is 6.35. The summed E-state index contributed by atoms with van der Waals surface area (Å²) in [5, 5.41) is 9.69. The summed E-state index contributed by atoms with van der Waals surface area (Å²) >= 11 is 0. The maximum atomic E-state index is 13.2. The van der Waals surface area contributed by atoms with Crippen LogP contribution < -0.4 is 0 Å². The highest BCUT2D eigenvalue weighted by atomic mass is 19.3. The molecule has 1 fully saturated rings. The number of pyridine rings is 1. The van der Waals surface area contributed by atoms with Gasteiger partial charge in [0.05, 0.1) is 6.57 Å². The fourth-order valence-electron chi connectivity index (χ4n) is 4.64. The van der Waals surface area contributed by atoms with E-state index in [-0.39, 0.29) is 43.3 Å². The van der Waals surface area contributed by atoms with Crippen molar-refractivity contribution < 1.29 is 23.5 Å². The van der Waals surface area contributed by atoms with Crippen molar-refractivity contribution in [3.63, 3.8) is 0 Å². The molecular weight excluding hydrogens is 452 g/mol. The molecule has 1 N–H and O–H groups in total. The predicted molar refractivity (Wildman–Crippen MR) is 130 cm³/mol. The Labute approximate surface area is 204 Å². The lowest BCUT2D eigenvalue weighted by Gasteiger charge is -2.31. The highest BCUT2D eigenvalue weighted by Crippen LogP contribution is 2.41. The molecule has 1 atom stereocenters. The van der Waals surface area contributed by atoms with Crippen LogP contribution in [0.3, 0.4) is 0 Å². The van der Waals surface area contributed by atoms with E-state index in [2.05, 4.69) is 21.7 Å². The lowest BCUT2D eigenvalue weighted by Crippen LogP contribution is -2.34. The second kappa shape index (κ2) is 11.4. The van der Waals surface area contributed by atoms with Gasteiger partial charge in [-0.2, -0.15) is 0 Å². The van der Waals surface area contributed by atoms with Crippen molar-refractivity contribution in [1.29, 1.82) is 0 Å². The first-order valence-corrected chi connectivity index (χ1v) is 12.1. The van der Waals surface area contributed by atoms with Crippen LogP contribution in [0.25, 0.3) is 15.9 Å². The average Bonchev–Trinajstić information content (AvgIpc) is 3.04. The molecule has 0 spiro atoms. The number of aliphatic carboxylic acids is 1. The minimum absolute atomic E-state index is 0.0799. The zero-order chi connectivity index (χ0) is 25.6. The molecule has 0 saturated heterocycles. The van der Waals surface area contributed by atoms with Crippen LogP contribution in [0.1, 0.15) is 80.8 Å². The summed E-state index contributed by atoms with van der Waals surface area (Å²) < 4.78 is 27.6. The number of nitrogens with zero attached hydrogens (tertiary/aromatic N) is 3. The van der Waals surface area contributed by atoms with Gasteiger partial charge in [-0.25, -0.2) is 18.6 Å². The molecule has 186 valence electrons. The monoisotopic (exact) mass is 483 g/mol. The van der Waals surface area contributed by atoms with Gasteiger partial charge in [-0.3, -0.25) is 9.59 Å². The smallest absolute Gasteiger partial charge is 0.303 e. The van der Waals surface area contributed by atoms with Gasteiger partial charge >= 0.3 is 5.97 Å². The van der Waals surface area contributed by atoms with Crippen LogP contribution in [0.15, 0.2) is 12.3 Å². The van der Waals surface area contributed by atoms with Crippen LogP contribution in [0.4, 0.5) is 14.5 Å². The number of hydrogen-bond acceptors (Lipinski definition) is 3. The Morgan fingerprint density at radius 2 is 2.00 bits per heavy atom. The normalized spacial score (nSPS) is 15.6. The second-order valence-corrected chi connectivity index (χ2v) is 9.58. The fraction of sp³-hybridized carbons (Fsp3) is 0.556. The molecule has 1 aliphatic rings. The molecule has 2 aromatic rings. The number of alkyl halides is 2. The van der Waals surface area contributed by atoms with Crippen molar-refractivity contribution in [1.82, 2.24) is 9.55 Å². The quantitative estimate of drug-likeness (QED) is 0.175. The number of carbonyl (C=O) groups excluding carboxylic acids is 1. The number of carbonyl (C=O) groups is 2. The maximum absolute atomic E-state index is 13.2. The number of unbranched alkanes of at least 4 members (excludes halogenated alkanes) is 4. The molecule has 35 heavy (non-hydrogen) atoms. The molecule has 0 bridgehead atoms. The van der Waals surface area contributed by atoms with E-state index in [9.17, 15) is 18.4 Å². The first-order chi connectivity index (χ1) is 16.6. The van der Waals surface area contributed by atoms with Gasteiger partial charge in [0.2, 0.25) is 5.69 Å². The van der Waals surface area contributed by atoms with Gasteiger partial charge in [-0.1, -0.05) is 25.7 Å². The Morgan fingerprint density at radius 1 is 1.29 bits per heavy atom. The third-order valence-electron chi connectivity index (χ3n) is 6.46. The standard InChI is InChI=1S/C27H31F2N3O3/c1-18(13-24(34)35)12-23(33)25-21-14-20(30-2)17-31-26(21)32(3)22(25)11-9-7-5-4-6-8-10-19-15-27(28,29)16-19/h14,17-19H,4-7,9,11-13,15-16H2,1,3H3,(H,34,35)/t18-/m1/s1. The Morgan fingerprint density at radius 3 is 2.66 bits per heavy atom. The fourth-order valence-corrected chi connectivity index (χ4v) is 4.64. The van der Waals surface area contributed by atoms with Gasteiger partial charge < -0.3 is 9.67 Å². The minimum Gasteiger partial charge on any atom is -0.481 e. The van der Waals surface area contributed by atoms with Crippen molar-refractivity contribution in [2.75, 3.05) is 0 Å². The van der Waals surface area contributed by atoms with Gasteiger partial charge in [0.25, 0.3) is 5.92 Å². The third-order valence-corrected chi connectivity index (χ3v) is 6.46. The van der Waals surface area contributed by atoms with Gasteiger partial charge in [-0.05, 0) is 31.2 Å². The topological polar surface area (TPSA) is 76.6 Å². The summed E-state index contributed by atoms with van der Waals surface area (Å²) in [5.41, 5.74) is 2.39. The third kappa shape index (κ3) is 6.88. The molecule has 2 heterocycles. The number of aromatic nitrogens is 2. The average molecular weight is 484 g/mol. The molecular formula is C27H31F2N3O3. The van der Waals surface area contributed by atoms with Gasteiger partial charge in [0.15, 0.2) is 5.78 Å². The van der Waals surface area contributed by atoms with E-state index in [0.29, 0.717) is 35.1 Å². The van der Waals surface area contributed by atoms with Crippen LogP contribution in [0.2, 0.25) is 0 Å². The Kier molecular flexibility index (Phi) is 8.62. The molecule has 1 aliphatic carbocycles. The lowest BCUT2D eigenvalue weighted by molar-refractivity contribution is -0.137. The molecule has 0 aromatic carbocycles. The summed E-state index contributed by atoms with van der Waals surface area (Å²) in [5.74, 6) is 1.91. The van der Waals surface area contributed by atoms with Crippen molar-refractivity contribution in [3.05, 3.63) is 34.9 Å². The van der Waals surface area contributed by atoms with Crippen molar-refractivity contribution in [3.8, 4) is 11.8 Å². The molecule has 8 heteroatoms. The molecule has 1 saturated carbocycles. The number of carboxylic acids is 1. The Hall–Kier alpha value is -3.26. The summed E-state index contributed by atoms with van der Waals surface area (Å²) in [6.45, 7) is 9.04. The SMILES string of the molecule is [C-]#[N+]c1cnc2c(c1)c(C(=O)C[C@@H](C)CC(=O)O)c(CCCCCCC#CC1CC(F)(F)C1)n2C. The number of fused-ring (bicyclic) bond motifs is 1. The van der Waals surface area contributed by atoms with E-state index >= 15 is 0 Å². The first kappa shape index (κ1) is 26.3. The van der Waals surface area contributed by atoms with Gasteiger partial charge in [0.1, 0.15) is 5.65 Å². The number of rotatable bonds is 11. The number of carboxylic acid groups (broad SMARTS) is 1. The van der Waals surface area contributed by atoms with Crippen LogP contribution >= 0.6 is 0 Å². The van der Waals surface area contributed by atoms with Gasteiger partial charge in [-0.15, -0.1) is 5.92 Å². The van der Waals surface area contributed by atoms with E-state index in [4.69, 9.17) is 11.7 Å². The van der Waals surface area contributed by atoms with Crippen LogP contribution in [0, 0.1) is 30.2 Å². The molecule has 2 aromatic heterocycles. The highest BCUT2D eigenvalue weighted by molar-refractivity contribution is 6.09. The van der Waals surface area contributed by atoms with Crippen molar-refractivity contribution in [2.24, 2.45) is 18.9 Å². The number of halogens is 2.